The van der Waals surface area contributed by atoms with Crippen molar-refractivity contribution in [1.29, 1.82) is 0 Å². The average molecular weight is 504 g/mol. The van der Waals surface area contributed by atoms with Crippen LogP contribution in [0.2, 0.25) is 0 Å². The Morgan fingerprint density at radius 1 is 1.14 bits per heavy atom. The Labute approximate surface area is 210 Å². The minimum Gasteiger partial charge on any atom is -0.507 e. The maximum Gasteiger partial charge on any atom is 0.230 e. The first kappa shape index (κ1) is 26.5. The molecule has 198 valence electrons. The van der Waals surface area contributed by atoms with Gasteiger partial charge in [-0.3, -0.25) is 14.4 Å². The first-order valence-corrected chi connectivity index (χ1v) is 12.3. The summed E-state index contributed by atoms with van der Waals surface area (Å²) in [5, 5.41) is 45.2. The van der Waals surface area contributed by atoms with Gasteiger partial charge in [0.15, 0.2) is 11.4 Å². The second-order valence-electron chi connectivity index (χ2n) is 11.9. The highest BCUT2D eigenvalue weighted by atomic mass is 16.3. The van der Waals surface area contributed by atoms with Gasteiger partial charge < -0.3 is 36.8 Å². The summed E-state index contributed by atoms with van der Waals surface area (Å²) < 4.78 is 0. The second kappa shape index (κ2) is 8.51. The van der Waals surface area contributed by atoms with E-state index in [1.54, 1.807) is 19.0 Å². The molecule has 0 saturated heterocycles. The van der Waals surface area contributed by atoms with Crippen LogP contribution in [0.1, 0.15) is 33.6 Å². The fourth-order valence-corrected chi connectivity index (χ4v) is 6.95. The van der Waals surface area contributed by atoms with Crippen LogP contribution in [0, 0.1) is 35.0 Å². The SMILES string of the molecule is CN(C)[C@@H]1C(O)C(C(N)=O)C(=O)[C@@]2(O)C(=O)C3=C(O)C4=C(O)C(C(C)(C)C)=CC(CN)C4C[C@H]3C[C@@H]12. The number of carbonyl (C=O) groups excluding carboxylic acids is 3. The summed E-state index contributed by atoms with van der Waals surface area (Å²) in [7, 11) is 3.25. The molecule has 10 heteroatoms. The topological polar surface area (TPSA) is 187 Å². The molecule has 2 fully saturated rings. The number of hydrogen-bond acceptors (Lipinski definition) is 9. The summed E-state index contributed by atoms with van der Waals surface area (Å²) in [6.45, 7) is 6.00. The highest BCUT2D eigenvalue weighted by Crippen LogP contribution is 2.55. The molecule has 0 spiro atoms. The number of amides is 1. The van der Waals surface area contributed by atoms with Gasteiger partial charge in [0.05, 0.1) is 6.10 Å². The number of nitrogens with zero attached hydrogens (tertiary/aromatic N) is 1. The molecule has 0 heterocycles. The maximum absolute atomic E-state index is 13.9. The molecule has 10 nitrogen and oxygen atoms in total. The summed E-state index contributed by atoms with van der Waals surface area (Å²) in [5.41, 5.74) is 9.02. The largest absolute Gasteiger partial charge is 0.507 e. The van der Waals surface area contributed by atoms with Crippen molar-refractivity contribution in [2.75, 3.05) is 20.6 Å². The first-order chi connectivity index (χ1) is 16.6. The minimum atomic E-state index is -2.65. The number of fused-ring (bicyclic) bond motifs is 3. The van der Waals surface area contributed by atoms with E-state index in [4.69, 9.17) is 11.5 Å². The Kier molecular flexibility index (Phi) is 6.27. The molecule has 0 aromatic heterocycles. The lowest BCUT2D eigenvalue weighted by Crippen LogP contribution is -2.73. The van der Waals surface area contributed by atoms with Crippen LogP contribution in [-0.2, 0) is 14.4 Å². The van der Waals surface area contributed by atoms with Gasteiger partial charge in [-0.1, -0.05) is 26.8 Å². The Balaban J connectivity index is 1.92. The molecular weight excluding hydrogens is 466 g/mol. The molecule has 0 radical (unpaired) electrons. The van der Waals surface area contributed by atoms with Gasteiger partial charge in [0.2, 0.25) is 11.7 Å². The number of carbonyl (C=O) groups is 3. The van der Waals surface area contributed by atoms with Crippen molar-refractivity contribution in [1.82, 2.24) is 4.90 Å². The molecule has 4 aliphatic rings. The van der Waals surface area contributed by atoms with Crippen LogP contribution in [-0.4, -0.2) is 81.2 Å². The van der Waals surface area contributed by atoms with Crippen LogP contribution in [0.5, 0.6) is 0 Å². The average Bonchev–Trinajstić information content (AvgIpc) is 2.75. The zero-order valence-electron chi connectivity index (χ0n) is 21.4. The van der Waals surface area contributed by atoms with Crippen LogP contribution in [0.4, 0.5) is 0 Å². The van der Waals surface area contributed by atoms with E-state index in [1.807, 2.05) is 26.8 Å². The van der Waals surface area contributed by atoms with Gasteiger partial charge in [0, 0.05) is 23.1 Å². The Bertz CT molecular complexity index is 1120. The van der Waals surface area contributed by atoms with Gasteiger partial charge >= 0.3 is 0 Å². The van der Waals surface area contributed by atoms with Crippen LogP contribution in [0.25, 0.3) is 0 Å². The predicted molar refractivity (Wildman–Crippen MR) is 130 cm³/mol. The number of aliphatic hydroxyl groups excluding tert-OH is 3. The van der Waals surface area contributed by atoms with Gasteiger partial charge in [-0.15, -0.1) is 0 Å². The first-order valence-electron chi connectivity index (χ1n) is 12.3. The van der Waals surface area contributed by atoms with Crippen molar-refractivity contribution in [3.63, 3.8) is 0 Å². The van der Waals surface area contributed by atoms with Gasteiger partial charge in [0.1, 0.15) is 17.4 Å². The fraction of sp³-hybridized carbons (Fsp3) is 0.654. The molecule has 2 saturated carbocycles. The predicted octanol–water partition coefficient (Wildman–Crippen LogP) is 0.103. The number of allylic oxidation sites excluding steroid dienone is 2. The van der Waals surface area contributed by atoms with Crippen molar-refractivity contribution in [3.8, 4) is 0 Å². The number of hydrogen-bond donors (Lipinski definition) is 6. The number of Topliss-reactive ketones (excluding diaryl/α,β-unsaturated/α-hetero) is 2. The summed E-state index contributed by atoms with van der Waals surface area (Å²) in [6, 6.07) is -0.910. The second-order valence-corrected chi connectivity index (χ2v) is 11.9. The summed E-state index contributed by atoms with van der Waals surface area (Å²) in [5.74, 6) is -7.81. The molecule has 1 amide bonds. The van der Waals surface area contributed by atoms with Crippen LogP contribution in [0.15, 0.2) is 34.3 Å². The Morgan fingerprint density at radius 3 is 2.25 bits per heavy atom. The molecule has 8 atom stereocenters. The van der Waals surface area contributed by atoms with E-state index in [9.17, 15) is 34.8 Å². The van der Waals surface area contributed by atoms with E-state index >= 15 is 0 Å². The van der Waals surface area contributed by atoms with Crippen molar-refractivity contribution in [2.45, 2.75) is 51.4 Å². The highest BCUT2D eigenvalue weighted by Gasteiger charge is 2.68. The van der Waals surface area contributed by atoms with Crippen LogP contribution >= 0.6 is 0 Å². The molecule has 4 unspecified atom stereocenters. The fourth-order valence-electron chi connectivity index (χ4n) is 6.95. The number of rotatable bonds is 3. The van der Waals surface area contributed by atoms with Gasteiger partial charge in [0.25, 0.3) is 0 Å². The third-order valence-corrected chi connectivity index (χ3v) is 8.65. The smallest absolute Gasteiger partial charge is 0.230 e. The van der Waals surface area contributed by atoms with Crippen molar-refractivity contribution >= 4 is 17.5 Å². The number of likely N-dealkylation sites (N-methyl/N-ethyl adjacent to an activating group) is 1. The monoisotopic (exact) mass is 503 g/mol. The molecular formula is C26H37N3O7. The molecule has 0 aromatic rings. The van der Waals surface area contributed by atoms with Crippen LogP contribution < -0.4 is 11.5 Å². The quantitative estimate of drug-likeness (QED) is 0.290. The van der Waals surface area contributed by atoms with E-state index in [2.05, 4.69) is 0 Å². The molecule has 36 heavy (non-hydrogen) atoms. The van der Waals surface area contributed by atoms with E-state index < -0.39 is 64.1 Å². The lowest BCUT2D eigenvalue weighted by molar-refractivity contribution is -0.184. The lowest BCUT2D eigenvalue weighted by atomic mass is 9.53. The van der Waals surface area contributed by atoms with E-state index in [0.717, 1.165) is 0 Å². The Morgan fingerprint density at radius 2 is 1.75 bits per heavy atom. The van der Waals surface area contributed by atoms with Gasteiger partial charge in [-0.25, -0.2) is 0 Å². The maximum atomic E-state index is 13.9. The number of nitrogens with two attached hydrogens (primary N) is 2. The van der Waals surface area contributed by atoms with Gasteiger partial charge in [-0.05, 0) is 62.2 Å². The normalized spacial score (nSPS) is 39.0. The molecule has 8 N–H and O–H groups in total. The van der Waals surface area contributed by atoms with E-state index in [0.29, 0.717) is 12.0 Å². The zero-order chi connectivity index (χ0) is 27.1. The molecule has 0 aliphatic heterocycles. The minimum absolute atomic E-state index is 0.108. The third-order valence-electron chi connectivity index (χ3n) is 8.65. The van der Waals surface area contributed by atoms with Crippen molar-refractivity contribution < 1.29 is 34.8 Å². The third kappa shape index (κ3) is 3.49. The Hall–Kier alpha value is -2.53. The number of aliphatic hydroxyl groups is 4. The standard InChI is InChI=1S/C26H37N3O7/c1-25(2,3)14-8-11(9-27)12-6-10-7-13-18(29(4)5)21(32)17(24(28)35)23(34)26(13,36)22(33)15(10)20(31)16(12)19(14)30/h8,10-13,17-18,21,30-32,36H,6-7,9,27H2,1-5H3,(H2,28,35)/t10-,11?,12?,13-,17?,18-,21?,26-/m0/s1. The molecule has 0 aromatic carbocycles. The summed E-state index contributed by atoms with van der Waals surface area (Å²) in [4.78, 5) is 41.0. The number of ketones is 2. The highest BCUT2D eigenvalue weighted by molar-refractivity contribution is 6.23. The number of primary amides is 1. The lowest BCUT2D eigenvalue weighted by Gasteiger charge is -2.54. The molecule has 4 rings (SSSR count). The van der Waals surface area contributed by atoms with E-state index in [-0.39, 0.29) is 41.7 Å². The molecule has 4 aliphatic carbocycles. The van der Waals surface area contributed by atoms with Crippen molar-refractivity contribution in [3.05, 3.63) is 34.3 Å². The zero-order valence-corrected chi connectivity index (χ0v) is 21.4. The molecule has 0 bridgehead atoms. The summed E-state index contributed by atoms with van der Waals surface area (Å²) in [6.07, 6.45) is 0.887. The van der Waals surface area contributed by atoms with Crippen molar-refractivity contribution in [2.24, 2.45) is 46.5 Å². The van der Waals surface area contributed by atoms with Gasteiger partial charge in [-0.2, -0.15) is 0 Å². The van der Waals surface area contributed by atoms with E-state index in [1.165, 1.54) is 0 Å². The summed E-state index contributed by atoms with van der Waals surface area (Å²) >= 11 is 0. The van der Waals surface area contributed by atoms with Crippen LogP contribution in [0.3, 0.4) is 0 Å².